The average molecular weight is 284 g/mol. The molecule has 16 heavy (non-hydrogen) atoms. The van der Waals surface area contributed by atoms with Gasteiger partial charge < -0.3 is 4.74 Å². The second kappa shape index (κ2) is 4.65. The maximum Gasteiger partial charge on any atom is 0.410 e. The van der Waals surface area contributed by atoms with Crippen LogP contribution in [0.25, 0.3) is 0 Å². The molecule has 2 rings (SSSR count). The smallest absolute Gasteiger partial charge is 0.410 e. The summed E-state index contributed by atoms with van der Waals surface area (Å²) in [6.07, 6.45) is -0.416. The third-order valence-corrected chi connectivity index (χ3v) is 3.05. The largest absolute Gasteiger partial charge is 0.448 e. The molecule has 1 aliphatic heterocycles. The summed E-state index contributed by atoms with van der Waals surface area (Å²) in [5, 5.41) is 0. The number of hydrogen-bond acceptors (Lipinski definition) is 3. The summed E-state index contributed by atoms with van der Waals surface area (Å²) in [5.74, 6) is -0.0914. The van der Waals surface area contributed by atoms with E-state index in [0.717, 1.165) is 4.47 Å². The minimum atomic E-state index is -0.416. The van der Waals surface area contributed by atoms with Crippen LogP contribution in [0.15, 0.2) is 28.7 Å². The maximum absolute atomic E-state index is 11.9. The average Bonchev–Trinajstić information content (AvgIpc) is 2.65. The van der Waals surface area contributed by atoms with E-state index in [-0.39, 0.29) is 12.3 Å². The number of nitrogens with zero attached hydrogens (tertiary/aromatic N) is 1. The number of carbonyl (C=O) groups excluding carboxylic acids is 2. The first kappa shape index (κ1) is 11.1. The Morgan fingerprint density at radius 3 is 2.81 bits per heavy atom. The number of ketones is 1. The number of carbonyl (C=O) groups is 2. The van der Waals surface area contributed by atoms with Gasteiger partial charge in [-0.05, 0) is 6.07 Å². The van der Waals surface area contributed by atoms with Gasteiger partial charge in [0.05, 0.1) is 13.1 Å². The molecule has 0 unspecified atom stereocenters. The van der Waals surface area contributed by atoms with Crippen LogP contribution in [0.5, 0.6) is 0 Å². The Kier molecular flexibility index (Phi) is 3.24. The molecule has 0 atom stereocenters. The Labute approximate surface area is 101 Å². The van der Waals surface area contributed by atoms with Gasteiger partial charge in [-0.1, -0.05) is 34.1 Å². The van der Waals surface area contributed by atoms with E-state index in [9.17, 15) is 9.59 Å². The summed E-state index contributed by atoms with van der Waals surface area (Å²) in [7, 11) is 0. The van der Waals surface area contributed by atoms with Crippen LogP contribution >= 0.6 is 15.9 Å². The van der Waals surface area contributed by atoms with E-state index in [1.54, 1.807) is 18.2 Å². The molecule has 0 aromatic heterocycles. The second-order valence-corrected chi connectivity index (χ2v) is 4.29. The van der Waals surface area contributed by atoms with E-state index in [1.165, 1.54) is 4.90 Å². The van der Waals surface area contributed by atoms with Crippen molar-refractivity contribution in [3.8, 4) is 0 Å². The fraction of sp³-hybridized carbons (Fsp3) is 0.273. The predicted octanol–water partition coefficient (Wildman–Crippen LogP) is 2.08. The zero-order valence-electron chi connectivity index (χ0n) is 8.48. The SMILES string of the molecule is O=C(CN1CCOC1=O)c1ccccc1Br. The molecule has 1 amide bonds. The predicted molar refractivity (Wildman–Crippen MR) is 61.4 cm³/mol. The second-order valence-electron chi connectivity index (χ2n) is 3.44. The zero-order chi connectivity index (χ0) is 11.5. The third kappa shape index (κ3) is 2.24. The molecule has 4 nitrogen and oxygen atoms in total. The van der Waals surface area contributed by atoms with Gasteiger partial charge in [0.1, 0.15) is 6.61 Å². The van der Waals surface area contributed by atoms with Crippen LogP contribution in [0, 0.1) is 0 Å². The lowest BCUT2D eigenvalue weighted by Gasteiger charge is -2.11. The molecule has 1 heterocycles. The Morgan fingerprint density at radius 2 is 2.19 bits per heavy atom. The van der Waals surface area contributed by atoms with Crippen LogP contribution in [0.4, 0.5) is 4.79 Å². The molecule has 1 aromatic carbocycles. The van der Waals surface area contributed by atoms with Crippen molar-refractivity contribution in [1.82, 2.24) is 4.90 Å². The van der Waals surface area contributed by atoms with Crippen molar-refractivity contribution < 1.29 is 14.3 Å². The third-order valence-electron chi connectivity index (χ3n) is 2.35. The summed E-state index contributed by atoms with van der Waals surface area (Å²) < 4.78 is 5.50. The molecule has 5 heteroatoms. The summed E-state index contributed by atoms with van der Waals surface area (Å²) in [6, 6.07) is 7.16. The standard InChI is InChI=1S/C11H10BrNO3/c12-9-4-2-1-3-8(9)10(14)7-13-5-6-16-11(13)15/h1-4H,5-7H2. The Bertz CT molecular complexity index is 433. The Morgan fingerprint density at radius 1 is 1.44 bits per heavy atom. The van der Waals surface area contributed by atoms with E-state index >= 15 is 0 Å². The van der Waals surface area contributed by atoms with E-state index in [0.29, 0.717) is 18.7 Å². The van der Waals surface area contributed by atoms with Gasteiger partial charge in [0.25, 0.3) is 0 Å². The Hall–Kier alpha value is -1.36. The lowest BCUT2D eigenvalue weighted by molar-refractivity contribution is 0.0943. The van der Waals surface area contributed by atoms with Crippen LogP contribution in [-0.4, -0.2) is 36.5 Å². The summed E-state index contributed by atoms with van der Waals surface area (Å²) >= 11 is 3.31. The fourth-order valence-electron chi connectivity index (χ4n) is 1.52. The number of Topliss-reactive ketones (excluding diaryl/α,β-unsaturated/α-hetero) is 1. The van der Waals surface area contributed by atoms with Gasteiger partial charge in [0.15, 0.2) is 5.78 Å². The number of amides is 1. The van der Waals surface area contributed by atoms with Gasteiger partial charge >= 0.3 is 6.09 Å². The highest BCUT2D eigenvalue weighted by Crippen LogP contribution is 2.17. The molecule has 0 N–H and O–H groups in total. The molecular weight excluding hydrogens is 274 g/mol. The van der Waals surface area contributed by atoms with Crippen molar-refractivity contribution in [2.24, 2.45) is 0 Å². The number of hydrogen-bond donors (Lipinski definition) is 0. The molecule has 84 valence electrons. The van der Waals surface area contributed by atoms with Crippen molar-refractivity contribution in [2.45, 2.75) is 0 Å². The van der Waals surface area contributed by atoms with Crippen molar-refractivity contribution in [1.29, 1.82) is 0 Å². The highest BCUT2D eigenvalue weighted by atomic mass is 79.9. The number of ether oxygens (including phenoxy) is 1. The molecule has 0 bridgehead atoms. The van der Waals surface area contributed by atoms with Crippen LogP contribution in [-0.2, 0) is 4.74 Å². The van der Waals surface area contributed by atoms with Gasteiger partial charge in [-0.15, -0.1) is 0 Å². The molecule has 1 aliphatic rings. The van der Waals surface area contributed by atoms with Gasteiger partial charge in [-0.25, -0.2) is 4.79 Å². The van der Waals surface area contributed by atoms with Gasteiger partial charge in [0.2, 0.25) is 0 Å². The van der Waals surface area contributed by atoms with Crippen LogP contribution in [0.3, 0.4) is 0 Å². The molecule has 1 aromatic rings. The fourth-order valence-corrected chi connectivity index (χ4v) is 2.02. The number of cyclic esters (lactones) is 1. The van der Waals surface area contributed by atoms with E-state index in [1.807, 2.05) is 6.07 Å². The highest BCUT2D eigenvalue weighted by molar-refractivity contribution is 9.10. The Balaban J connectivity index is 2.09. The zero-order valence-corrected chi connectivity index (χ0v) is 10.1. The quantitative estimate of drug-likeness (QED) is 0.798. The molecular formula is C11H10BrNO3. The molecule has 0 saturated carbocycles. The monoisotopic (exact) mass is 283 g/mol. The minimum absolute atomic E-state index is 0.0709. The summed E-state index contributed by atoms with van der Waals surface area (Å²) in [5.41, 5.74) is 0.585. The maximum atomic E-state index is 11.9. The molecule has 0 radical (unpaired) electrons. The van der Waals surface area contributed by atoms with E-state index in [4.69, 9.17) is 4.74 Å². The molecule has 0 spiro atoms. The summed E-state index contributed by atoms with van der Waals surface area (Å²) in [6.45, 7) is 0.915. The van der Waals surface area contributed by atoms with Gasteiger partial charge in [-0.2, -0.15) is 0 Å². The first-order valence-electron chi connectivity index (χ1n) is 4.88. The van der Waals surface area contributed by atoms with Crippen molar-refractivity contribution >= 4 is 27.8 Å². The van der Waals surface area contributed by atoms with Gasteiger partial charge in [-0.3, -0.25) is 9.69 Å². The van der Waals surface area contributed by atoms with Gasteiger partial charge in [0, 0.05) is 10.0 Å². The minimum Gasteiger partial charge on any atom is -0.448 e. The first-order valence-corrected chi connectivity index (χ1v) is 5.67. The lowest BCUT2D eigenvalue weighted by Crippen LogP contribution is -2.30. The normalized spacial score (nSPS) is 15.1. The first-order chi connectivity index (χ1) is 7.68. The highest BCUT2D eigenvalue weighted by Gasteiger charge is 2.24. The molecule has 1 fully saturated rings. The number of benzene rings is 1. The van der Waals surface area contributed by atoms with Crippen molar-refractivity contribution in [2.75, 3.05) is 19.7 Å². The molecule has 1 saturated heterocycles. The van der Waals surface area contributed by atoms with E-state index in [2.05, 4.69) is 15.9 Å². The van der Waals surface area contributed by atoms with E-state index < -0.39 is 6.09 Å². The van der Waals surface area contributed by atoms with Crippen LogP contribution in [0.2, 0.25) is 0 Å². The topological polar surface area (TPSA) is 46.6 Å². The lowest BCUT2D eigenvalue weighted by atomic mass is 10.1. The summed E-state index contributed by atoms with van der Waals surface area (Å²) in [4.78, 5) is 24.5. The molecule has 0 aliphatic carbocycles. The van der Waals surface area contributed by atoms with Crippen molar-refractivity contribution in [3.05, 3.63) is 34.3 Å². The number of rotatable bonds is 3. The van der Waals surface area contributed by atoms with Crippen molar-refractivity contribution in [3.63, 3.8) is 0 Å². The van der Waals surface area contributed by atoms with Crippen LogP contribution in [0.1, 0.15) is 10.4 Å². The number of halogens is 1. The van der Waals surface area contributed by atoms with Crippen LogP contribution < -0.4 is 0 Å².